The maximum atomic E-state index is 8.44. The molecular formula is C6H19I3N4Na14O10S. The van der Waals surface area contributed by atoms with Crippen molar-refractivity contribution in [3.8, 4) is 0 Å². The number of imidazole rings is 2. The fraction of sp³-hybridized carbons (Fsp3) is 0. The maximum absolute atomic E-state index is 8.44. The molecular weight excluding hydrogens is 1020 g/mol. The Morgan fingerprint density at radius 1 is 0.553 bits per heavy atom. The van der Waals surface area contributed by atoms with E-state index in [2.05, 4.69) is 87.7 Å². The third-order valence-electron chi connectivity index (χ3n) is 1.02. The number of hydrogen-bond donors (Lipinski definition) is 2. The molecule has 0 spiro atoms. The third-order valence-corrected chi connectivity index (χ3v) is 4.28. The van der Waals surface area contributed by atoms with Gasteiger partial charge in [-0.15, -0.1) is 12.6 Å². The molecule has 0 saturated heterocycles. The van der Waals surface area contributed by atoms with Gasteiger partial charge in [-0.1, -0.05) is 0 Å². The molecule has 0 atom stereocenters. The van der Waals surface area contributed by atoms with Crippen LogP contribution in [0.3, 0.4) is 0 Å². The second-order valence-corrected chi connectivity index (χ2v) is 5.78. The fourth-order valence-electron chi connectivity index (χ4n) is 0.501. The number of halogens is 3. The Bertz CT molecular complexity index is 549. The molecule has 0 aliphatic rings. The van der Waals surface area contributed by atoms with Crippen molar-refractivity contribution in [2.24, 2.45) is 0 Å². The van der Waals surface area contributed by atoms with Crippen molar-refractivity contribution in [1.29, 1.82) is 0 Å². The zero-order chi connectivity index (χ0) is 27.3. The van der Waals surface area contributed by atoms with Crippen LogP contribution in [0, 0.1) is 11.1 Å². The van der Waals surface area contributed by atoms with Crippen molar-refractivity contribution in [3.05, 3.63) is 30.0 Å². The summed E-state index contributed by atoms with van der Waals surface area (Å²) < 4.78 is 28.6. The van der Waals surface area contributed by atoms with Crippen LogP contribution in [0.1, 0.15) is 0 Å². The van der Waals surface area contributed by atoms with Crippen molar-refractivity contribution in [2.45, 2.75) is 0 Å². The molecule has 38 heavy (non-hydrogen) atoms. The summed E-state index contributed by atoms with van der Waals surface area (Å²) in [5.74, 6) is 0. The Labute approximate surface area is 467 Å². The molecule has 0 aliphatic carbocycles. The molecule has 0 amide bonds. The second kappa shape index (κ2) is 117. The van der Waals surface area contributed by atoms with Gasteiger partial charge in [-0.25, -0.2) is 9.97 Å². The topological polar surface area (TPSA) is 329 Å². The third kappa shape index (κ3) is 125. The fourth-order valence-corrected chi connectivity index (χ4v) is 1.37. The summed E-state index contributed by atoms with van der Waals surface area (Å²) in [6.45, 7) is 0. The second-order valence-electron chi connectivity index (χ2n) is 2.11. The SMILES string of the molecule is Ic1cnc[nH]1.Ic1nc[nH]c1I.O.O.O.O.O.O.O.O=S(=O)=O.[Na][Na].[Na][Na].[Na][Na].[Na][Na].[Na][Na].[Na][Na].[Na][Na]. The van der Waals surface area contributed by atoms with Crippen molar-refractivity contribution in [3.63, 3.8) is 0 Å². The van der Waals surface area contributed by atoms with Crippen molar-refractivity contribution in [1.82, 2.24) is 19.9 Å². The molecule has 0 fully saturated rings. The predicted molar refractivity (Wildman–Crippen MR) is 191 cm³/mol. The molecule has 32 heteroatoms. The van der Waals surface area contributed by atoms with E-state index in [0.29, 0.717) is 0 Å². The minimum absolute atomic E-state index is 0. The van der Waals surface area contributed by atoms with Crippen molar-refractivity contribution < 1.29 is 51.0 Å². The van der Waals surface area contributed by atoms with E-state index in [9.17, 15) is 0 Å². The van der Waals surface area contributed by atoms with E-state index in [0.717, 1.165) is 11.1 Å². The van der Waals surface area contributed by atoms with Gasteiger partial charge in [-0.05, 0) is 67.8 Å². The quantitative estimate of drug-likeness (QED) is 0.191. The first-order valence-corrected chi connectivity index (χ1v) is 70.9. The van der Waals surface area contributed by atoms with Gasteiger partial charge in [0.1, 0.15) is 7.40 Å². The van der Waals surface area contributed by atoms with Crippen LogP contribution in [0.25, 0.3) is 0 Å². The van der Waals surface area contributed by atoms with Crippen LogP contribution in [-0.2, 0) is 10.6 Å². The number of rotatable bonds is 0. The number of H-pyrrole nitrogens is 2. The van der Waals surface area contributed by atoms with Crippen LogP contribution in [0.4, 0.5) is 0 Å². The van der Waals surface area contributed by atoms with Crippen LogP contribution in [0.15, 0.2) is 18.9 Å². The Hall–Kier alpha value is 13.9. The van der Waals surface area contributed by atoms with Crippen LogP contribution in [-0.4, -0.2) is 376 Å². The first-order valence-electron chi connectivity index (χ1n) is 10.7. The van der Waals surface area contributed by atoms with Gasteiger partial charge in [-0.3, -0.25) is 0 Å². The summed E-state index contributed by atoms with van der Waals surface area (Å²) in [5.41, 5.74) is 0. The van der Waals surface area contributed by atoms with Crippen molar-refractivity contribution >= 4 is 384 Å². The summed E-state index contributed by atoms with van der Waals surface area (Å²) >= 11 is 26.7. The molecule has 0 bridgehead atoms. The van der Waals surface area contributed by atoms with Gasteiger partial charge in [-0.2, -0.15) is 0 Å². The molecule has 14 nitrogen and oxygen atoms in total. The molecule has 0 unspecified atom stereocenters. The first kappa shape index (κ1) is 98.8. The number of aromatic nitrogens is 4. The zero-order valence-electron chi connectivity index (χ0n) is 25.4. The average Bonchev–Trinajstić information content (AvgIpc) is 3.48. The van der Waals surface area contributed by atoms with Crippen LogP contribution in [0.2, 0.25) is 0 Å². The van der Waals surface area contributed by atoms with E-state index in [1.807, 2.05) is 0 Å². The van der Waals surface area contributed by atoms with Crippen LogP contribution >= 0.6 is 67.8 Å². The number of nitrogens with zero attached hydrogens (tertiary/aromatic N) is 2. The molecule has 2 aromatic heterocycles. The van der Waals surface area contributed by atoms with E-state index in [-0.39, 0.29) is 38.3 Å². The average molecular weight is 1040 g/mol. The molecule has 16 N–H and O–H groups in total. The van der Waals surface area contributed by atoms with E-state index in [1.165, 1.54) is 305 Å². The van der Waals surface area contributed by atoms with E-state index < -0.39 is 10.6 Å². The zero-order valence-corrected chi connectivity index (χ0v) is 60.7. The Balaban J connectivity index is -0.0000000123. The molecule has 2 aromatic rings. The molecule has 2 heterocycles. The standard InChI is InChI=1S/C3H2I2N2.C3H3IN2.14Na.O3S.7H2O/c4-2-3(5)7-1-6-2;4-3-1-5-2-6-3;;;;;;;;;;;;;;;1-4(2)3;;;;;;;/h1H,(H,6,7);1-2H,(H,5,6);;;;;;;;;;;;;;;;7*1H2. The van der Waals surface area contributed by atoms with Gasteiger partial charge in [0.15, 0.2) is 0 Å². The molecule has 0 aromatic carbocycles. The molecule has 0 aliphatic heterocycles. The summed E-state index contributed by atoms with van der Waals surface area (Å²) in [4.78, 5) is 13.5. The normalized spacial score (nSPS) is 5.24. The van der Waals surface area contributed by atoms with E-state index >= 15 is 0 Å². The number of aromatic amines is 2. The van der Waals surface area contributed by atoms with E-state index in [1.54, 1.807) is 18.9 Å². The monoisotopic (exact) mass is 1040 g/mol. The van der Waals surface area contributed by atoms with Crippen LogP contribution < -0.4 is 0 Å². The summed E-state index contributed by atoms with van der Waals surface area (Å²) in [5, 5.41) is 0. The molecule has 0 saturated carbocycles. The molecule has 164 valence electrons. The van der Waals surface area contributed by atoms with Gasteiger partial charge < -0.3 is 48.3 Å². The summed E-state index contributed by atoms with van der Waals surface area (Å²) in [7, 11) is -3.11. The Morgan fingerprint density at radius 2 is 0.816 bits per heavy atom. The number of nitrogens with one attached hydrogen (secondary N) is 2. The Morgan fingerprint density at radius 3 is 0.868 bits per heavy atom. The minimum atomic E-state index is -3.11. The van der Waals surface area contributed by atoms with Gasteiger partial charge in [0.2, 0.25) is 0 Å². The first-order chi connectivity index (χ1) is 14.9. The van der Waals surface area contributed by atoms with Gasteiger partial charge >= 0.3 is 316 Å². The van der Waals surface area contributed by atoms with Gasteiger partial charge in [0.25, 0.3) is 0 Å². The molecule has 2 rings (SSSR count). The molecule has 0 radical (unpaired) electrons. The van der Waals surface area contributed by atoms with Crippen LogP contribution in [0.5, 0.6) is 0 Å². The summed E-state index contributed by atoms with van der Waals surface area (Å²) in [6.07, 6.45) is 5.10. The van der Waals surface area contributed by atoms with Gasteiger partial charge in [0, 0.05) is 0 Å². The van der Waals surface area contributed by atoms with E-state index in [4.69, 9.17) is 12.6 Å². The Kier molecular flexibility index (Phi) is 304. The summed E-state index contributed by atoms with van der Waals surface area (Å²) in [6, 6.07) is 0. The van der Waals surface area contributed by atoms with Crippen molar-refractivity contribution in [2.75, 3.05) is 0 Å². The number of hydrogen-bond acceptors (Lipinski definition) is 5. The predicted octanol–water partition coefficient (Wildman–Crippen LogP) is -9.47. The van der Waals surface area contributed by atoms with Gasteiger partial charge in [0.05, 0.1) is 22.6 Å².